The fourth-order valence-electron chi connectivity index (χ4n) is 2.83. The highest BCUT2D eigenvalue weighted by molar-refractivity contribution is 7.11. The highest BCUT2D eigenvalue weighted by atomic mass is 32.1. The summed E-state index contributed by atoms with van der Waals surface area (Å²) in [5.41, 5.74) is 1.19. The van der Waals surface area contributed by atoms with Crippen molar-refractivity contribution in [3.8, 4) is 0 Å². The van der Waals surface area contributed by atoms with E-state index in [4.69, 9.17) is 4.74 Å². The lowest BCUT2D eigenvalue weighted by atomic mass is 10.1. The van der Waals surface area contributed by atoms with Gasteiger partial charge in [0, 0.05) is 31.6 Å². The highest BCUT2D eigenvalue weighted by Gasteiger charge is 2.23. The average molecular weight is 297 g/mol. The molecule has 114 valence electrons. The zero-order chi connectivity index (χ0) is 14.5. The van der Waals surface area contributed by atoms with Gasteiger partial charge in [-0.05, 0) is 39.8 Å². The summed E-state index contributed by atoms with van der Waals surface area (Å²) in [4.78, 5) is 10.9. The Morgan fingerprint density at radius 3 is 2.90 bits per heavy atom. The molecule has 0 saturated carbocycles. The van der Waals surface area contributed by atoms with Crippen LogP contribution in [-0.2, 0) is 11.3 Å². The van der Waals surface area contributed by atoms with Gasteiger partial charge in [0.15, 0.2) is 0 Å². The third-order valence-corrected chi connectivity index (χ3v) is 5.09. The number of aromatic nitrogens is 1. The maximum absolute atomic E-state index is 5.15. The minimum Gasteiger partial charge on any atom is -0.383 e. The number of hydrogen-bond donors (Lipinski definition) is 0. The molecule has 1 aliphatic heterocycles. The molecule has 1 aromatic heterocycles. The van der Waals surface area contributed by atoms with E-state index in [1.165, 1.54) is 41.6 Å². The molecular formula is C15H27N3OS. The van der Waals surface area contributed by atoms with Crippen molar-refractivity contribution in [2.45, 2.75) is 26.8 Å². The summed E-state index contributed by atoms with van der Waals surface area (Å²) in [6.45, 7) is 10.7. The van der Waals surface area contributed by atoms with E-state index >= 15 is 0 Å². The molecule has 1 unspecified atom stereocenters. The van der Waals surface area contributed by atoms with Crippen LogP contribution in [0.2, 0.25) is 0 Å². The van der Waals surface area contributed by atoms with Crippen LogP contribution in [0, 0.1) is 19.8 Å². The minimum atomic E-state index is 0.791. The lowest BCUT2D eigenvalue weighted by Gasteiger charge is -2.20. The Kier molecular flexibility index (Phi) is 5.96. The molecule has 0 bridgehead atoms. The van der Waals surface area contributed by atoms with Crippen LogP contribution in [0.5, 0.6) is 0 Å². The van der Waals surface area contributed by atoms with E-state index < -0.39 is 0 Å². The highest BCUT2D eigenvalue weighted by Crippen LogP contribution is 2.20. The summed E-state index contributed by atoms with van der Waals surface area (Å²) in [6, 6.07) is 0. The molecule has 0 amide bonds. The van der Waals surface area contributed by atoms with Gasteiger partial charge in [-0.3, -0.25) is 4.90 Å². The second-order valence-electron chi connectivity index (χ2n) is 5.89. The molecule has 0 N–H and O–H groups in total. The lowest BCUT2D eigenvalue weighted by Crippen LogP contribution is -2.29. The summed E-state index contributed by atoms with van der Waals surface area (Å²) in [5.74, 6) is 0.791. The number of likely N-dealkylation sites (tertiary alicyclic amines) is 1. The molecule has 0 radical (unpaired) electrons. The molecule has 1 fully saturated rings. The summed E-state index contributed by atoms with van der Waals surface area (Å²) in [7, 11) is 3.99. The fraction of sp³-hybridized carbons (Fsp3) is 0.800. The predicted octanol–water partition coefficient (Wildman–Crippen LogP) is 2.16. The quantitative estimate of drug-likeness (QED) is 0.771. The van der Waals surface area contributed by atoms with E-state index in [1.807, 2.05) is 11.3 Å². The first-order valence-corrected chi connectivity index (χ1v) is 8.23. The van der Waals surface area contributed by atoms with Gasteiger partial charge in [-0.15, -0.1) is 11.3 Å². The van der Waals surface area contributed by atoms with Gasteiger partial charge in [0.2, 0.25) is 0 Å². The Labute approximate surface area is 126 Å². The third kappa shape index (κ3) is 4.52. The molecule has 20 heavy (non-hydrogen) atoms. The second kappa shape index (κ2) is 7.50. The zero-order valence-electron chi connectivity index (χ0n) is 13.2. The van der Waals surface area contributed by atoms with Gasteiger partial charge in [0.05, 0.1) is 18.8 Å². The van der Waals surface area contributed by atoms with Gasteiger partial charge in [-0.2, -0.15) is 0 Å². The normalized spacial score (nSPS) is 20.1. The van der Waals surface area contributed by atoms with E-state index in [2.05, 4.69) is 35.7 Å². The molecule has 0 aromatic carbocycles. The summed E-state index contributed by atoms with van der Waals surface area (Å²) in [6.07, 6.45) is 1.31. The SMILES string of the molecule is COCCN1CCC(CN(C)Cc2nc(C)c(C)s2)C1. The number of nitrogens with zero attached hydrogens (tertiary/aromatic N) is 3. The van der Waals surface area contributed by atoms with Gasteiger partial charge in [-0.25, -0.2) is 4.98 Å². The van der Waals surface area contributed by atoms with Crippen molar-refractivity contribution in [2.24, 2.45) is 5.92 Å². The summed E-state index contributed by atoms with van der Waals surface area (Å²) < 4.78 is 5.15. The van der Waals surface area contributed by atoms with Crippen LogP contribution in [0.4, 0.5) is 0 Å². The number of rotatable bonds is 7. The molecular weight excluding hydrogens is 270 g/mol. The Balaban J connectivity index is 1.73. The first-order chi connectivity index (χ1) is 9.58. The van der Waals surface area contributed by atoms with Crippen LogP contribution in [0.3, 0.4) is 0 Å². The van der Waals surface area contributed by atoms with Crippen molar-refractivity contribution in [3.05, 3.63) is 15.6 Å². The van der Waals surface area contributed by atoms with E-state index in [9.17, 15) is 0 Å². The summed E-state index contributed by atoms with van der Waals surface area (Å²) >= 11 is 1.83. The van der Waals surface area contributed by atoms with Crippen LogP contribution >= 0.6 is 11.3 Å². The van der Waals surface area contributed by atoms with E-state index in [-0.39, 0.29) is 0 Å². The Morgan fingerprint density at radius 1 is 1.45 bits per heavy atom. The van der Waals surface area contributed by atoms with Crippen LogP contribution in [0.1, 0.15) is 22.0 Å². The maximum Gasteiger partial charge on any atom is 0.107 e. The minimum absolute atomic E-state index is 0.791. The molecule has 0 spiro atoms. The smallest absolute Gasteiger partial charge is 0.107 e. The van der Waals surface area contributed by atoms with Gasteiger partial charge >= 0.3 is 0 Å². The molecule has 1 saturated heterocycles. The number of ether oxygens (including phenoxy) is 1. The lowest BCUT2D eigenvalue weighted by molar-refractivity contribution is 0.157. The molecule has 1 aliphatic rings. The largest absolute Gasteiger partial charge is 0.383 e. The van der Waals surface area contributed by atoms with Gasteiger partial charge in [-0.1, -0.05) is 0 Å². The van der Waals surface area contributed by atoms with Crippen molar-refractivity contribution < 1.29 is 4.74 Å². The number of hydrogen-bond acceptors (Lipinski definition) is 5. The first-order valence-electron chi connectivity index (χ1n) is 7.41. The zero-order valence-corrected chi connectivity index (χ0v) is 14.0. The Morgan fingerprint density at radius 2 is 2.25 bits per heavy atom. The topological polar surface area (TPSA) is 28.6 Å². The van der Waals surface area contributed by atoms with Crippen LogP contribution in [0.25, 0.3) is 0 Å². The number of aryl methyl sites for hydroxylation is 2. The van der Waals surface area contributed by atoms with Crippen molar-refractivity contribution in [2.75, 3.05) is 46.9 Å². The summed E-state index contributed by atoms with van der Waals surface area (Å²) in [5, 5.41) is 1.25. The van der Waals surface area contributed by atoms with Crippen molar-refractivity contribution in [3.63, 3.8) is 0 Å². The van der Waals surface area contributed by atoms with Gasteiger partial charge < -0.3 is 9.64 Å². The molecule has 2 heterocycles. The second-order valence-corrected chi connectivity index (χ2v) is 7.18. The molecule has 1 aromatic rings. The van der Waals surface area contributed by atoms with Crippen LogP contribution < -0.4 is 0 Å². The van der Waals surface area contributed by atoms with E-state index in [0.29, 0.717) is 0 Å². The van der Waals surface area contributed by atoms with E-state index in [0.717, 1.165) is 25.6 Å². The fourth-order valence-corrected chi connectivity index (χ4v) is 3.84. The van der Waals surface area contributed by atoms with Crippen LogP contribution in [-0.4, -0.2) is 61.7 Å². The number of thiazole rings is 1. The Bertz CT molecular complexity index is 402. The van der Waals surface area contributed by atoms with Gasteiger partial charge in [0.1, 0.15) is 5.01 Å². The number of methoxy groups -OCH3 is 1. The standard InChI is InChI=1S/C15H27N3OS/c1-12-13(2)20-15(16-12)11-17(3)9-14-5-6-18(10-14)7-8-19-4/h14H,5-11H2,1-4H3. The molecule has 5 heteroatoms. The molecule has 1 atom stereocenters. The van der Waals surface area contributed by atoms with Crippen LogP contribution in [0.15, 0.2) is 0 Å². The van der Waals surface area contributed by atoms with Gasteiger partial charge in [0.25, 0.3) is 0 Å². The first kappa shape index (κ1) is 15.9. The molecule has 4 nitrogen and oxygen atoms in total. The Hall–Kier alpha value is -0.490. The molecule has 0 aliphatic carbocycles. The van der Waals surface area contributed by atoms with E-state index in [1.54, 1.807) is 7.11 Å². The average Bonchev–Trinajstić information content (AvgIpc) is 2.94. The maximum atomic E-state index is 5.15. The van der Waals surface area contributed by atoms with Crippen molar-refractivity contribution in [1.82, 2.24) is 14.8 Å². The van der Waals surface area contributed by atoms with Crippen molar-refractivity contribution >= 4 is 11.3 Å². The predicted molar refractivity (Wildman–Crippen MR) is 84.3 cm³/mol. The van der Waals surface area contributed by atoms with Crippen molar-refractivity contribution in [1.29, 1.82) is 0 Å². The molecule has 2 rings (SSSR count). The third-order valence-electron chi connectivity index (χ3n) is 4.03. The monoisotopic (exact) mass is 297 g/mol.